The second-order valence-electron chi connectivity index (χ2n) is 3.07. The van der Waals surface area contributed by atoms with E-state index in [9.17, 15) is 4.79 Å². The number of ether oxygens (including phenoxy) is 2. The largest absolute Gasteiger partial charge is 0.454 e. The van der Waals surface area contributed by atoms with Gasteiger partial charge in [0.05, 0.1) is 24.5 Å². The molecule has 1 aliphatic heterocycles. The molecule has 0 atom stereocenters. The molecule has 0 amide bonds. The number of pyridine rings is 1. The predicted octanol–water partition coefficient (Wildman–Crippen LogP) is 0.219. The van der Waals surface area contributed by atoms with Crippen LogP contribution in [0.3, 0.4) is 0 Å². The van der Waals surface area contributed by atoms with Gasteiger partial charge in [-0.2, -0.15) is 0 Å². The molecule has 14 heavy (non-hydrogen) atoms. The van der Waals surface area contributed by atoms with E-state index in [4.69, 9.17) is 15.2 Å². The number of aromatic nitrogens is 1. The molecular formula is C9H10N2O3. The summed E-state index contributed by atoms with van der Waals surface area (Å²) in [5, 5.41) is 0. The van der Waals surface area contributed by atoms with Crippen molar-refractivity contribution >= 4 is 11.7 Å². The molecule has 0 aromatic carbocycles. The van der Waals surface area contributed by atoms with Crippen LogP contribution in [0.25, 0.3) is 0 Å². The standard InChI is InChI=1S/C9H10N2O3/c10-7-1-6(2-11-3-7)9(12)14-8-4-13-5-8/h1-3,8H,4-5,10H2. The molecule has 1 aliphatic rings. The molecular weight excluding hydrogens is 184 g/mol. The van der Waals surface area contributed by atoms with Crippen molar-refractivity contribution < 1.29 is 14.3 Å². The van der Waals surface area contributed by atoms with Gasteiger partial charge in [-0.15, -0.1) is 0 Å². The lowest BCUT2D eigenvalue weighted by Gasteiger charge is -2.25. The summed E-state index contributed by atoms with van der Waals surface area (Å²) < 4.78 is 9.95. The second kappa shape index (κ2) is 3.63. The number of nitrogens with zero attached hydrogens (tertiary/aromatic N) is 1. The van der Waals surface area contributed by atoms with E-state index in [1.807, 2.05) is 0 Å². The van der Waals surface area contributed by atoms with E-state index in [0.717, 1.165) is 0 Å². The molecule has 0 aliphatic carbocycles. The third-order valence-corrected chi connectivity index (χ3v) is 1.88. The lowest BCUT2D eigenvalue weighted by molar-refractivity contribution is -0.103. The number of esters is 1. The average molecular weight is 194 g/mol. The molecule has 1 aromatic rings. The van der Waals surface area contributed by atoms with Crippen molar-refractivity contribution in [2.24, 2.45) is 0 Å². The third-order valence-electron chi connectivity index (χ3n) is 1.88. The van der Waals surface area contributed by atoms with E-state index in [2.05, 4.69) is 4.98 Å². The predicted molar refractivity (Wildman–Crippen MR) is 48.7 cm³/mol. The van der Waals surface area contributed by atoms with Gasteiger partial charge in [0.1, 0.15) is 6.10 Å². The van der Waals surface area contributed by atoms with Crippen LogP contribution in [0, 0.1) is 0 Å². The summed E-state index contributed by atoms with van der Waals surface area (Å²) in [6, 6.07) is 1.54. The van der Waals surface area contributed by atoms with Gasteiger partial charge in [0.2, 0.25) is 0 Å². The number of anilines is 1. The highest BCUT2D eigenvalue weighted by Crippen LogP contribution is 2.11. The fourth-order valence-corrected chi connectivity index (χ4v) is 1.07. The topological polar surface area (TPSA) is 74.4 Å². The number of hydrogen-bond donors (Lipinski definition) is 1. The van der Waals surface area contributed by atoms with E-state index in [1.165, 1.54) is 18.5 Å². The highest BCUT2D eigenvalue weighted by Gasteiger charge is 2.23. The fraction of sp³-hybridized carbons (Fsp3) is 0.333. The first-order valence-electron chi connectivity index (χ1n) is 4.25. The Balaban J connectivity index is 2.02. The quantitative estimate of drug-likeness (QED) is 0.681. The fourth-order valence-electron chi connectivity index (χ4n) is 1.07. The summed E-state index contributed by atoms with van der Waals surface area (Å²) in [6.45, 7) is 0.947. The maximum Gasteiger partial charge on any atom is 0.340 e. The Morgan fingerprint density at radius 3 is 2.93 bits per heavy atom. The van der Waals surface area contributed by atoms with Gasteiger partial charge in [0.25, 0.3) is 0 Å². The first-order valence-corrected chi connectivity index (χ1v) is 4.25. The maximum atomic E-state index is 11.4. The van der Waals surface area contributed by atoms with E-state index in [-0.39, 0.29) is 6.10 Å². The molecule has 2 heterocycles. The molecule has 0 radical (unpaired) electrons. The van der Waals surface area contributed by atoms with Crippen molar-refractivity contribution in [3.63, 3.8) is 0 Å². The second-order valence-corrected chi connectivity index (χ2v) is 3.07. The van der Waals surface area contributed by atoms with E-state index in [1.54, 1.807) is 0 Å². The Morgan fingerprint density at radius 1 is 1.57 bits per heavy atom. The molecule has 5 heteroatoms. The summed E-state index contributed by atoms with van der Waals surface area (Å²) in [5.41, 5.74) is 6.30. The maximum absolute atomic E-state index is 11.4. The molecule has 2 rings (SSSR count). The van der Waals surface area contributed by atoms with Gasteiger partial charge < -0.3 is 15.2 Å². The van der Waals surface area contributed by atoms with Crippen molar-refractivity contribution in [1.82, 2.24) is 4.98 Å². The Morgan fingerprint density at radius 2 is 2.36 bits per heavy atom. The first kappa shape index (κ1) is 8.96. The van der Waals surface area contributed by atoms with Gasteiger partial charge >= 0.3 is 5.97 Å². The van der Waals surface area contributed by atoms with Crippen molar-refractivity contribution in [1.29, 1.82) is 0 Å². The van der Waals surface area contributed by atoms with Crippen LogP contribution in [0.2, 0.25) is 0 Å². The minimum Gasteiger partial charge on any atom is -0.454 e. The molecule has 74 valence electrons. The number of rotatable bonds is 2. The van der Waals surface area contributed by atoms with Gasteiger partial charge in [-0.05, 0) is 6.07 Å². The van der Waals surface area contributed by atoms with Crippen LogP contribution in [0.1, 0.15) is 10.4 Å². The normalized spacial score (nSPS) is 16.0. The van der Waals surface area contributed by atoms with Crippen molar-refractivity contribution in [2.45, 2.75) is 6.10 Å². The Bertz CT molecular complexity index is 350. The van der Waals surface area contributed by atoms with E-state index < -0.39 is 5.97 Å². The lowest BCUT2D eigenvalue weighted by Crippen LogP contribution is -2.37. The number of nitrogen functional groups attached to an aromatic ring is 1. The molecule has 2 N–H and O–H groups in total. The SMILES string of the molecule is Nc1cncc(C(=O)OC2COC2)c1. The van der Waals surface area contributed by atoms with Crippen LogP contribution >= 0.6 is 0 Å². The van der Waals surface area contributed by atoms with Gasteiger partial charge in [0.15, 0.2) is 0 Å². The zero-order chi connectivity index (χ0) is 9.97. The minimum atomic E-state index is -0.405. The molecule has 1 aromatic heterocycles. The molecule has 1 fully saturated rings. The Labute approximate surface area is 80.8 Å². The van der Waals surface area contributed by atoms with Crippen molar-refractivity contribution in [3.05, 3.63) is 24.0 Å². The van der Waals surface area contributed by atoms with Gasteiger partial charge in [-0.3, -0.25) is 4.98 Å². The van der Waals surface area contributed by atoms with Gasteiger partial charge in [-0.25, -0.2) is 4.79 Å². The Kier molecular flexibility index (Phi) is 2.32. The number of nitrogens with two attached hydrogens (primary N) is 1. The minimum absolute atomic E-state index is 0.121. The third kappa shape index (κ3) is 1.82. The van der Waals surface area contributed by atoms with Crippen LogP contribution in [0.5, 0.6) is 0 Å². The number of hydrogen-bond acceptors (Lipinski definition) is 5. The van der Waals surface area contributed by atoms with Gasteiger partial charge in [-0.1, -0.05) is 0 Å². The lowest BCUT2D eigenvalue weighted by atomic mass is 10.2. The van der Waals surface area contributed by atoms with E-state index >= 15 is 0 Å². The molecule has 0 bridgehead atoms. The van der Waals surface area contributed by atoms with Crippen LogP contribution in [0.15, 0.2) is 18.5 Å². The highest BCUT2D eigenvalue weighted by molar-refractivity contribution is 5.90. The highest BCUT2D eigenvalue weighted by atomic mass is 16.6. The van der Waals surface area contributed by atoms with Crippen LogP contribution in [0.4, 0.5) is 5.69 Å². The molecule has 5 nitrogen and oxygen atoms in total. The smallest absolute Gasteiger partial charge is 0.340 e. The van der Waals surface area contributed by atoms with E-state index in [0.29, 0.717) is 24.5 Å². The summed E-state index contributed by atoms with van der Waals surface area (Å²) in [4.78, 5) is 15.2. The Hall–Kier alpha value is -1.62. The number of carbonyl (C=O) groups excluding carboxylic acids is 1. The zero-order valence-corrected chi connectivity index (χ0v) is 7.47. The summed E-state index contributed by atoms with van der Waals surface area (Å²) in [6.07, 6.45) is 2.78. The summed E-state index contributed by atoms with van der Waals surface area (Å²) >= 11 is 0. The molecule has 1 saturated heterocycles. The van der Waals surface area contributed by atoms with Crippen molar-refractivity contribution in [2.75, 3.05) is 18.9 Å². The van der Waals surface area contributed by atoms with Gasteiger partial charge in [0, 0.05) is 12.4 Å². The monoisotopic (exact) mass is 194 g/mol. The average Bonchev–Trinajstić information content (AvgIpc) is 2.11. The molecule has 0 unspecified atom stereocenters. The number of carbonyl (C=O) groups is 1. The van der Waals surface area contributed by atoms with Crippen molar-refractivity contribution in [3.8, 4) is 0 Å². The zero-order valence-electron chi connectivity index (χ0n) is 7.47. The summed E-state index contributed by atoms with van der Waals surface area (Å²) in [5.74, 6) is -0.405. The molecule has 0 spiro atoms. The van der Waals surface area contributed by atoms with Crippen LogP contribution in [-0.4, -0.2) is 30.3 Å². The molecule has 0 saturated carbocycles. The first-order chi connectivity index (χ1) is 6.75. The summed E-state index contributed by atoms with van der Waals surface area (Å²) in [7, 11) is 0. The van der Waals surface area contributed by atoms with Crippen LogP contribution in [-0.2, 0) is 9.47 Å². The van der Waals surface area contributed by atoms with Crippen LogP contribution < -0.4 is 5.73 Å².